The first-order valence-electron chi connectivity index (χ1n) is 3.17. The van der Waals surface area contributed by atoms with Crippen LogP contribution >= 0.6 is 11.3 Å². The Morgan fingerprint density at radius 1 is 1.92 bits per heavy atom. The number of nitriles is 1. The lowest BCUT2D eigenvalue weighted by molar-refractivity contribution is -0.139. The molecule has 0 fully saturated rings. The van der Waals surface area contributed by atoms with Crippen molar-refractivity contribution in [2.24, 2.45) is 0 Å². The lowest BCUT2D eigenvalue weighted by Crippen LogP contribution is -2.05. The van der Waals surface area contributed by atoms with Crippen molar-refractivity contribution >= 4 is 17.3 Å². The second-order valence-corrected chi connectivity index (χ2v) is 2.85. The summed E-state index contributed by atoms with van der Waals surface area (Å²) in [6.45, 7) is 0. The molecule has 1 aromatic rings. The Morgan fingerprint density at radius 3 is 3.25 bits per heavy atom. The molecule has 0 aliphatic heterocycles. The van der Waals surface area contributed by atoms with Crippen LogP contribution in [-0.4, -0.2) is 18.1 Å². The Morgan fingerprint density at radius 2 is 2.67 bits per heavy atom. The molecule has 0 bridgehead atoms. The predicted molar refractivity (Wildman–Crippen MR) is 42.5 cm³/mol. The van der Waals surface area contributed by atoms with E-state index in [-0.39, 0.29) is 12.4 Å². The van der Waals surface area contributed by atoms with Crippen LogP contribution in [0.15, 0.2) is 5.51 Å². The quantitative estimate of drug-likeness (QED) is 0.632. The third-order valence-electron chi connectivity index (χ3n) is 1.28. The van der Waals surface area contributed by atoms with E-state index < -0.39 is 0 Å². The largest absolute Gasteiger partial charge is 0.469 e. The van der Waals surface area contributed by atoms with Gasteiger partial charge in [-0.25, -0.2) is 4.98 Å². The van der Waals surface area contributed by atoms with E-state index in [0.717, 1.165) is 0 Å². The number of carbonyl (C=O) groups is 1. The zero-order valence-electron chi connectivity index (χ0n) is 6.40. The van der Waals surface area contributed by atoms with Crippen LogP contribution in [0.5, 0.6) is 0 Å². The molecule has 0 aliphatic rings. The zero-order valence-corrected chi connectivity index (χ0v) is 7.22. The predicted octanol–water partition coefficient (Wildman–Crippen LogP) is 0.730. The van der Waals surface area contributed by atoms with E-state index in [1.165, 1.54) is 24.0 Å². The monoisotopic (exact) mass is 182 g/mol. The van der Waals surface area contributed by atoms with Gasteiger partial charge in [-0.3, -0.25) is 4.79 Å². The first kappa shape index (κ1) is 8.68. The molecule has 0 saturated carbocycles. The molecule has 0 amide bonds. The van der Waals surface area contributed by atoms with Crippen LogP contribution in [0, 0.1) is 11.3 Å². The molecule has 0 atom stereocenters. The number of hydrogen-bond acceptors (Lipinski definition) is 5. The van der Waals surface area contributed by atoms with Crippen LogP contribution < -0.4 is 0 Å². The molecule has 0 aromatic carbocycles. The Bertz CT molecular complexity index is 326. The maximum Gasteiger partial charge on any atom is 0.311 e. The highest BCUT2D eigenvalue weighted by Gasteiger charge is 2.10. The third kappa shape index (κ3) is 1.80. The van der Waals surface area contributed by atoms with Crippen molar-refractivity contribution < 1.29 is 9.53 Å². The van der Waals surface area contributed by atoms with Crippen molar-refractivity contribution in [3.63, 3.8) is 0 Å². The standard InChI is InChI=1S/C7H6N2O2S/c1-11-7(10)2-5-6(3-8)12-4-9-5/h4H,2H2,1H3. The molecule has 0 N–H and O–H groups in total. The molecule has 0 radical (unpaired) electrons. The Labute approximate surface area is 73.4 Å². The Balaban J connectivity index is 2.76. The van der Waals surface area contributed by atoms with Crippen LogP contribution in [0.2, 0.25) is 0 Å². The number of ether oxygens (including phenoxy) is 1. The SMILES string of the molecule is COC(=O)Cc1ncsc1C#N. The van der Waals surface area contributed by atoms with Crippen molar-refractivity contribution in [3.8, 4) is 6.07 Å². The first-order valence-corrected chi connectivity index (χ1v) is 4.05. The van der Waals surface area contributed by atoms with Crippen molar-refractivity contribution in [2.45, 2.75) is 6.42 Å². The Hall–Kier alpha value is -1.41. The number of hydrogen-bond donors (Lipinski definition) is 0. The second kappa shape index (κ2) is 3.83. The van der Waals surface area contributed by atoms with Gasteiger partial charge in [-0.1, -0.05) is 0 Å². The number of esters is 1. The molecule has 62 valence electrons. The molecule has 1 heterocycles. The molecule has 0 spiro atoms. The highest BCUT2D eigenvalue weighted by Crippen LogP contribution is 2.12. The second-order valence-electron chi connectivity index (χ2n) is 1.99. The van der Waals surface area contributed by atoms with Gasteiger partial charge in [0.25, 0.3) is 0 Å². The third-order valence-corrected chi connectivity index (χ3v) is 2.06. The Kier molecular flexibility index (Phi) is 2.77. The van der Waals surface area contributed by atoms with E-state index in [1.807, 2.05) is 6.07 Å². The van der Waals surface area contributed by atoms with Crippen LogP contribution in [0.1, 0.15) is 10.6 Å². The van der Waals surface area contributed by atoms with Crippen molar-refractivity contribution in [1.29, 1.82) is 5.26 Å². The van der Waals surface area contributed by atoms with E-state index in [2.05, 4.69) is 9.72 Å². The minimum absolute atomic E-state index is 0.0723. The van der Waals surface area contributed by atoms with Crippen molar-refractivity contribution in [1.82, 2.24) is 4.98 Å². The molecule has 1 aromatic heterocycles. The summed E-state index contributed by atoms with van der Waals surface area (Å²) < 4.78 is 4.44. The smallest absolute Gasteiger partial charge is 0.311 e. The minimum Gasteiger partial charge on any atom is -0.469 e. The summed E-state index contributed by atoms with van der Waals surface area (Å²) in [4.78, 5) is 15.1. The van der Waals surface area contributed by atoms with Gasteiger partial charge in [0.05, 0.1) is 24.7 Å². The highest BCUT2D eigenvalue weighted by atomic mass is 32.1. The van der Waals surface area contributed by atoms with Gasteiger partial charge < -0.3 is 4.74 Å². The molecular formula is C7H6N2O2S. The topological polar surface area (TPSA) is 63.0 Å². The summed E-state index contributed by atoms with van der Waals surface area (Å²) in [7, 11) is 1.31. The molecule has 1 rings (SSSR count). The van der Waals surface area contributed by atoms with Gasteiger partial charge in [-0.2, -0.15) is 5.26 Å². The fraction of sp³-hybridized carbons (Fsp3) is 0.286. The lowest BCUT2D eigenvalue weighted by atomic mass is 10.3. The zero-order chi connectivity index (χ0) is 8.97. The van der Waals surface area contributed by atoms with Gasteiger partial charge >= 0.3 is 5.97 Å². The van der Waals surface area contributed by atoms with Gasteiger partial charge in [0.1, 0.15) is 10.9 Å². The summed E-state index contributed by atoms with van der Waals surface area (Å²) in [5, 5.41) is 8.56. The molecule has 0 saturated heterocycles. The van der Waals surface area contributed by atoms with Gasteiger partial charge in [0, 0.05) is 0 Å². The molecule has 4 nitrogen and oxygen atoms in total. The van der Waals surface area contributed by atoms with Gasteiger partial charge in [-0.05, 0) is 0 Å². The van der Waals surface area contributed by atoms with Gasteiger partial charge in [0.15, 0.2) is 0 Å². The average molecular weight is 182 g/mol. The number of methoxy groups -OCH3 is 1. The number of nitrogens with zero attached hydrogens (tertiary/aromatic N) is 2. The summed E-state index contributed by atoms with van der Waals surface area (Å²) in [5.41, 5.74) is 2.03. The maximum atomic E-state index is 10.8. The summed E-state index contributed by atoms with van der Waals surface area (Å²) in [6, 6.07) is 1.95. The number of rotatable bonds is 2. The summed E-state index contributed by atoms with van der Waals surface area (Å²) >= 11 is 1.22. The van der Waals surface area contributed by atoms with Crippen LogP contribution in [0.4, 0.5) is 0 Å². The number of thiazole rings is 1. The molecule has 0 aliphatic carbocycles. The van der Waals surface area contributed by atoms with E-state index in [4.69, 9.17) is 5.26 Å². The molecule has 5 heteroatoms. The fourth-order valence-electron chi connectivity index (χ4n) is 0.695. The summed E-state index contributed by atoms with van der Waals surface area (Å²) in [5.74, 6) is -0.377. The molecular weight excluding hydrogens is 176 g/mol. The maximum absolute atomic E-state index is 10.8. The van der Waals surface area contributed by atoms with Crippen molar-refractivity contribution in [3.05, 3.63) is 16.1 Å². The summed E-state index contributed by atoms with van der Waals surface area (Å²) in [6.07, 6.45) is 0.0723. The van der Waals surface area contributed by atoms with E-state index in [0.29, 0.717) is 10.6 Å². The van der Waals surface area contributed by atoms with Gasteiger partial charge in [0.2, 0.25) is 0 Å². The van der Waals surface area contributed by atoms with E-state index >= 15 is 0 Å². The number of carbonyl (C=O) groups excluding carboxylic acids is 1. The van der Waals surface area contributed by atoms with Crippen LogP contribution in [-0.2, 0) is 16.0 Å². The van der Waals surface area contributed by atoms with E-state index in [1.54, 1.807) is 0 Å². The average Bonchev–Trinajstić information content (AvgIpc) is 2.51. The normalized spacial score (nSPS) is 9.00. The van der Waals surface area contributed by atoms with Gasteiger partial charge in [-0.15, -0.1) is 11.3 Å². The minimum atomic E-state index is -0.377. The van der Waals surface area contributed by atoms with Crippen LogP contribution in [0.25, 0.3) is 0 Å². The molecule has 12 heavy (non-hydrogen) atoms. The number of aromatic nitrogens is 1. The first-order chi connectivity index (χ1) is 5.77. The van der Waals surface area contributed by atoms with E-state index in [9.17, 15) is 4.79 Å². The van der Waals surface area contributed by atoms with Crippen LogP contribution in [0.3, 0.4) is 0 Å². The lowest BCUT2D eigenvalue weighted by Gasteiger charge is -1.94. The highest BCUT2D eigenvalue weighted by molar-refractivity contribution is 7.10. The fourth-order valence-corrected chi connectivity index (χ4v) is 1.29. The van der Waals surface area contributed by atoms with Crippen molar-refractivity contribution in [2.75, 3.05) is 7.11 Å². The molecule has 0 unspecified atom stereocenters.